The highest BCUT2D eigenvalue weighted by molar-refractivity contribution is 6.33. The summed E-state index contributed by atoms with van der Waals surface area (Å²) in [5.41, 5.74) is 7.80. The van der Waals surface area contributed by atoms with Crippen molar-refractivity contribution in [2.75, 3.05) is 36.2 Å². The predicted octanol–water partition coefficient (Wildman–Crippen LogP) is 3.21. The molecule has 0 atom stereocenters. The molecule has 2 amide bonds. The Labute approximate surface area is 190 Å². The third-order valence-corrected chi connectivity index (χ3v) is 4.70. The van der Waals surface area contributed by atoms with E-state index in [-0.39, 0.29) is 24.0 Å². The molecule has 0 bridgehead atoms. The van der Waals surface area contributed by atoms with Crippen molar-refractivity contribution in [3.05, 3.63) is 70.9 Å². The summed E-state index contributed by atoms with van der Waals surface area (Å²) in [6.07, 6.45) is 2.10. The van der Waals surface area contributed by atoms with Crippen LogP contribution in [0.5, 0.6) is 0 Å². The van der Waals surface area contributed by atoms with E-state index in [1.165, 1.54) is 13.3 Å². The number of hydrogen-bond acceptors (Lipinski definition) is 7. The molecule has 9 nitrogen and oxygen atoms in total. The summed E-state index contributed by atoms with van der Waals surface area (Å²) in [5, 5.41) is 9.22. The Hall–Kier alpha value is -3.69. The number of aromatic nitrogens is 2. The van der Waals surface area contributed by atoms with Crippen LogP contribution in [0.3, 0.4) is 0 Å². The lowest BCUT2D eigenvalue weighted by Crippen LogP contribution is -2.18. The standard InChI is InChI=1S/C22H23ClN6O3/c1-32-13-19(30)28-18-11-15(7-8-17(18)23)27-22-26-12-16(20(24)31)21(29-22)25-10-9-14-5-3-2-4-6-14/h2-8,11-12H,9-10,13H2,1H3,(H2,24,31)(H,28,30)(H2,25,26,27,29). The van der Waals surface area contributed by atoms with Crippen LogP contribution >= 0.6 is 11.6 Å². The molecule has 10 heteroatoms. The van der Waals surface area contributed by atoms with Crippen molar-refractivity contribution in [2.45, 2.75) is 6.42 Å². The Balaban J connectivity index is 1.74. The van der Waals surface area contributed by atoms with Crippen molar-refractivity contribution in [3.8, 4) is 0 Å². The highest BCUT2D eigenvalue weighted by Gasteiger charge is 2.13. The molecule has 0 unspecified atom stereocenters. The normalized spacial score (nSPS) is 10.4. The van der Waals surface area contributed by atoms with Gasteiger partial charge in [-0.25, -0.2) is 4.98 Å². The molecule has 0 aliphatic rings. The Morgan fingerprint density at radius 2 is 1.94 bits per heavy atom. The number of halogens is 1. The molecule has 32 heavy (non-hydrogen) atoms. The molecule has 1 aromatic heterocycles. The van der Waals surface area contributed by atoms with Crippen molar-refractivity contribution in [1.82, 2.24) is 9.97 Å². The number of ether oxygens (including phenoxy) is 1. The fourth-order valence-electron chi connectivity index (χ4n) is 2.87. The molecule has 3 rings (SSSR count). The van der Waals surface area contributed by atoms with Gasteiger partial charge in [0.15, 0.2) is 0 Å². The van der Waals surface area contributed by atoms with Crippen molar-refractivity contribution in [3.63, 3.8) is 0 Å². The first-order valence-corrected chi connectivity index (χ1v) is 10.1. The molecule has 0 fully saturated rings. The summed E-state index contributed by atoms with van der Waals surface area (Å²) in [6, 6.07) is 14.9. The zero-order valence-corrected chi connectivity index (χ0v) is 18.1. The van der Waals surface area contributed by atoms with Crippen molar-refractivity contribution in [2.24, 2.45) is 5.73 Å². The molecule has 166 valence electrons. The molecule has 0 radical (unpaired) electrons. The summed E-state index contributed by atoms with van der Waals surface area (Å²) >= 11 is 6.16. The van der Waals surface area contributed by atoms with Gasteiger partial charge in [0.1, 0.15) is 12.4 Å². The first kappa shape index (κ1) is 23.0. The second kappa shape index (κ2) is 11.1. The van der Waals surface area contributed by atoms with Crippen molar-refractivity contribution in [1.29, 1.82) is 0 Å². The zero-order chi connectivity index (χ0) is 22.9. The topological polar surface area (TPSA) is 131 Å². The number of nitrogens with two attached hydrogens (primary N) is 1. The van der Waals surface area contributed by atoms with Gasteiger partial charge >= 0.3 is 0 Å². The molecule has 5 N–H and O–H groups in total. The van der Waals surface area contributed by atoms with Crippen LogP contribution in [-0.4, -0.2) is 42.0 Å². The molecule has 0 aliphatic heterocycles. The molecule has 0 saturated carbocycles. The van der Waals surface area contributed by atoms with E-state index in [2.05, 4.69) is 25.9 Å². The maximum absolute atomic E-state index is 11.8. The van der Waals surface area contributed by atoms with Gasteiger partial charge in [-0.2, -0.15) is 4.98 Å². The van der Waals surface area contributed by atoms with Gasteiger partial charge in [0.05, 0.1) is 16.3 Å². The fraction of sp³-hybridized carbons (Fsp3) is 0.182. The second-order valence-electron chi connectivity index (χ2n) is 6.78. The summed E-state index contributed by atoms with van der Waals surface area (Å²) in [4.78, 5) is 32.1. The van der Waals surface area contributed by atoms with Gasteiger partial charge < -0.3 is 26.4 Å². The number of anilines is 4. The lowest BCUT2D eigenvalue weighted by molar-refractivity contribution is -0.119. The number of amides is 2. The Kier molecular flexibility index (Phi) is 7.96. The quantitative estimate of drug-likeness (QED) is 0.370. The van der Waals surface area contributed by atoms with E-state index >= 15 is 0 Å². The van der Waals surface area contributed by atoms with Crippen LogP contribution in [0.25, 0.3) is 0 Å². The average Bonchev–Trinajstić information content (AvgIpc) is 2.77. The predicted molar refractivity (Wildman–Crippen MR) is 124 cm³/mol. The molecule has 3 aromatic rings. The van der Waals surface area contributed by atoms with Crippen LogP contribution in [0.15, 0.2) is 54.7 Å². The third-order valence-electron chi connectivity index (χ3n) is 4.38. The van der Waals surface area contributed by atoms with Crippen LogP contribution in [0.4, 0.5) is 23.1 Å². The van der Waals surface area contributed by atoms with Crippen LogP contribution in [-0.2, 0) is 16.0 Å². The third kappa shape index (κ3) is 6.40. The van der Waals surface area contributed by atoms with E-state index in [4.69, 9.17) is 22.1 Å². The molecule has 0 spiro atoms. The van der Waals surface area contributed by atoms with Crippen molar-refractivity contribution < 1.29 is 14.3 Å². The van der Waals surface area contributed by atoms with Gasteiger partial charge in [-0.05, 0) is 30.2 Å². The van der Waals surface area contributed by atoms with E-state index in [1.807, 2.05) is 30.3 Å². The van der Waals surface area contributed by atoms with Crippen LogP contribution in [0, 0.1) is 0 Å². The monoisotopic (exact) mass is 454 g/mol. The number of methoxy groups -OCH3 is 1. The Bertz CT molecular complexity index is 1090. The van der Waals surface area contributed by atoms with Gasteiger partial charge in [-0.3, -0.25) is 9.59 Å². The van der Waals surface area contributed by atoms with Gasteiger partial charge in [-0.15, -0.1) is 0 Å². The lowest BCUT2D eigenvalue weighted by Gasteiger charge is -2.13. The molecule has 2 aromatic carbocycles. The first-order chi connectivity index (χ1) is 15.5. The van der Waals surface area contributed by atoms with E-state index < -0.39 is 5.91 Å². The van der Waals surface area contributed by atoms with E-state index in [9.17, 15) is 9.59 Å². The number of carbonyl (C=O) groups is 2. The second-order valence-corrected chi connectivity index (χ2v) is 7.19. The summed E-state index contributed by atoms with van der Waals surface area (Å²) in [5.74, 6) is -0.394. The maximum atomic E-state index is 11.8. The zero-order valence-electron chi connectivity index (χ0n) is 17.4. The highest BCUT2D eigenvalue weighted by atomic mass is 35.5. The van der Waals surface area contributed by atoms with Gasteiger partial charge in [0.25, 0.3) is 5.91 Å². The molecule has 0 saturated heterocycles. The van der Waals surface area contributed by atoms with E-state index in [0.29, 0.717) is 28.8 Å². The number of carbonyl (C=O) groups excluding carboxylic acids is 2. The van der Waals surface area contributed by atoms with Gasteiger partial charge in [0.2, 0.25) is 11.9 Å². The van der Waals surface area contributed by atoms with Gasteiger partial charge in [0, 0.05) is 25.5 Å². The van der Waals surface area contributed by atoms with Crippen LogP contribution in [0.2, 0.25) is 5.02 Å². The van der Waals surface area contributed by atoms with Crippen LogP contribution < -0.4 is 21.7 Å². The van der Waals surface area contributed by atoms with Crippen LogP contribution in [0.1, 0.15) is 15.9 Å². The minimum absolute atomic E-state index is 0.0936. The number of hydrogen-bond donors (Lipinski definition) is 4. The Morgan fingerprint density at radius 3 is 2.66 bits per heavy atom. The summed E-state index contributed by atoms with van der Waals surface area (Å²) in [6.45, 7) is 0.459. The maximum Gasteiger partial charge on any atom is 0.254 e. The van der Waals surface area contributed by atoms with Gasteiger partial charge in [-0.1, -0.05) is 41.9 Å². The minimum Gasteiger partial charge on any atom is -0.375 e. The highest BCUT2D eigenvalue weighted by Crippen LogP contribution is 2.27. The summed E-state index contributed by atoms with van der Waals surface area (Å²) < 4.78 is 4.81. The molecular weight excluding hydrogens is 432 g/mol. The molecular formula is C22H23ClN6O3. The number of nitrogens with one attached hydrogen (secondary N) is 3. The average molecular weight is 455 g/mol. The lowest BCUT2D eigenvalue weighted by atomic mass is 10.1. The first-order valence-electron chi connectivity index (χ1n) is 9.76. The van der Waals surface area contributed by atoms with E-state index in [0.717, 1.165) is 12.0 Å². The SMILES string of the molecule is COCC(=O)Nc1cc(Nc2ncc(C(N)=O)c(NCCc3ccccc3)n2)ccc1Cl. The van der Waals surface area contributed by atoms with E-state index in [1.54, 1.807) is 18.2 Å². The molecule has 0 aliphatic carbocycles. The fourth-order valence-corrected chi connectivity index (χ4v) is 3.04. The number of rotatable bonds is 10. The largest absolute Gasteiger partial charge is 0.375 e. The number of benzene rings is 2. The minimum atomic E-state index is -0.631. The number of primary amides is 1. The molecule has 1 heterocycles. The number of nitrogens with zero attached hydrogens (tertiary/aromatic N) is 2. The Morgan fingerprint density at radius 1 is 1.16 bits per heavy atom. The van der Waals surface area contributed by atoms with Crippen molar-refractivity contribution >= 4 is 46.6 Å². The summed E-state index contributed by atoms with van der Waals surface area (Å²) in [7, 11) is 1.43. The smallest absolute Gasteiger partial charge is 0.254 e.